The molecule has 140 valence electrons. The minimum Gasteiger partial charge on any atom is -0.386 e. The summed E-state index contributed by atoms with van der Waals surface area (Å²) in [5.74, 6) is 0.149. The number of hydrogen-bond donors (Lipinski definition) is 4. The lowest BCUT2D eigenvalue weighted by atomic mass is 10.1. The Labute approximate surface area is 161 Å². The number of nitrogens with two attached hydrogens (primary N) is 1. The fourth-order valence-electron chi connectivity index (χ4n) is 2.65. The molecule has 0 aliphatic heterocycles. The van der Waals surface area contributed by atoms with Gasteiger partial charge in [-0.25, -0.2) is 0 Å². The number of carbonyl (C=O) groups is 1. The highest BCUT2D eigenvalue weighted by Gasteiger charge is 2.12. The second-order valence-electron chi connectivity index (χ2n) is 6.07. The molecule has 2 aromatic carbocycles. The number of amides is 1. The van der Waals surface area contributed by atoms with Crippen LogP contribution in [-0.2, 0) is 6.54 Å². The topological polar surface area (TPSA) is 99.7 Å². The van der Waals surface area contributed by atoms with E-state index < -0.39 is 12.0 Å². The lowest BCUT2D eigenvalue weighted by molar-refractivity contribution is 0.100. The summed E-state index contributed by atoms with van der Waals surface area (Å²) in [6, 6.07) is 17.2. The van der Waals surface area contributed by atoms with E-state index in [1.54, 1.807) is 30.5 Å². The first-order chi connectivity index (χ1) is 13.1. The van der Waals surface area contributed by atoms with Gasteiger partial charge in [-0.3, -0.25) is 9.79 Å². The van der Waals surface area contributed by atoms with Crippen molar-refractivity contribution >= 4 is 33.3 Å². The molecule has 3 aromatic rings. The van der Waals surface area contributed by atoms with E-state index in [9.17, 15) is 9.90 Å². The number of benzene rings is 2. The highest BCUT2D eigenvalue weighted by Crippen LogP contribution is 2.29. The van der Waals surface area contributed by atoms with Crippen molar-refractivity contribution in [2.24, 2.45) is 10.7 Å². The van der Waals surface area contributed by atoms with Gasteiger partial charge in [-0.2, -0.15) is 0 Å². The van der Waals surface area contributed by atoms with Crippen LogP contribution in [0.5, 0.6) is 0 Å². The third-order valence-electron chi connectivity index (χ3n) is 4.16. The highest BCUT2D eigenvalue weighted by molar-refractivity contribution is 7.19. The lowest BCUT2D eigenvalue weighted by Gasteiger charge is -2.14. The van der Waals surface area contributed by atoms with Crippen molar-refractivity contribution in [3.63, 3.8) is 0 Å². The Morgan fingerprint density at radius 3 is 2.59 bits per heavy atom. The third-order valence-corrected chi connectivity index (χ3v) is 5.38. The summed E-state index contributed by atoms with van der Waals surface area (Å²) in [7, 11) is 1.68. The molecule has 1 unspecified atom stereocenters. The van der Waals surface area contributed by atoms with Gasteiger partial charge in [0, 0.05) is 35.3 Å². The Kier molecular flexibility index (Phi) is 6.05. The first kappa shape index (κ1) is 18.9. The number of thiophene rings is 1. The molecule has 0 saturated heterocycles. The molecule has 3 rings (SSSR count). The number of primary amides is 1. The van der Waals surface area contributed by atoms with E-state index in [1.165, 1.54) is 0 Å². The van der Waals surface area contributed by atoms with Crippen molar-refractivity contribution in [3.8, 4) is 0 Å². The Morgan fingerprint density at radius 1 is 1.19 bits per heavy atom. The van der Waals surface area contributed by atoms with Gasteiger partial charge in [0.2, 0.25) is 5.91 Å². The molecule has 0 radical (unpaired) electrons. The molecule has 1 aromatic heterocycles. The minimum absolute atomic E-state index is 0.354. The first-order valence-corrected chi connectivity index (χ1v) is 9.38. The van der Waals surface area contributed by atoms with Gasteiger partial charge in [0.05, 0.1) is 0 Å². The van der Waals surface area contributed by atoms with E-state index in [-0.39, 0.29) is 0 Å². The maximum atomic E-state index is 11.1. The molecule has 0 aliphatic carbocycles. The standard InChI is InChI=1S/C20H22N4O2S/c1-22-20(23-11-13-6-8-14(9-7-13)19(21)26)24-12-16(25)18-10-15-4-2-3-5-17(15)27-18/h2-10,16,25H,11-12H2,1H3,(H2,21,26)(H2,22,23,24). The number of nitrogens with zero attached hydrogens (tertiary/aromatic N) is 1. The molecule has 5 N–H and O–H groups in total. The summed E-state index contributed by atoms with van der Waals surface area (Å²) in [6.45, 7) is 0.894. The SMILES string of the molecule is CN=C(NCc1ccc(C(N)=O)cc1)NCC(O)c1cc2ccccc2s1. The van der Waals surface area contributed by atoms with Crippen LogP contribution in [0.3, 0.4) is 0 Å². The van der Waals surface area contributed by atoms with Crippen molar-refractivity contribution in [3.05, 3.63) is 70.6 Å². The van der Waals surface area contributed by atoms with Crippen LogP contribution in [0.2, 0.25) is 0 Å². The van der Waals surface area contributed by atoms with Crippen LogP contribution in [0, 0.1) is 0 Å². The molecule has 0 bridgehead atoms. The number of hydrogen-bond acceptors (Lipinski definition) is 4. The van der Waals surface area contributed by atoms with Gasteiger partial charge in [0.25, 0.3) is 0 Å². The van der Waals surface area contributed by atoms with Crippen LogP contribution in [0.25, 0.3) is 10.1 Å². The highest BCUT2D eigenvalue weighted by atomic mass is 32.1. The number of nitrogens with one attached hydrogen (secondary N) is 2. The van der Waals surface area contributed by atoms with Crippen molar-refractivity contribution in [2.75, 3.05) is 13.6 Å². The van der Waals surface area contributed by atoms with Crippen molar-refractivity contribution < 1.29 is 9.90 Å². The molecular weight excluding hydrogens is 360 g/mol. The maximum absolute atomic E-state index is 11.1. The largest absolute Gasteiger partial charge is 0.386 e. The molecule has 0 fully saturated rings. The monoisotopic (exact) mass is 382 g/mol. The predicted octanol–water partition coefficient (Wildman–Crippen LogP) is 2.40. The van der Waals surface area contributed by atoms with Crippen LogP contribution < -0.4 is 16.4 Å². The fourth-order valence-corrected chi connectivity index (χ4v) is 3.70. The van der Waals surface area contributed by atoms with Gasteiger partial charge in [0.15, 0.2) is 5.96 Å². The number of aliphatic hydroxyl groups is 1. The normalized spacial score (nSPS) is 12.7. The maximum Gasteiger partial charge on any atom is 0.248 e. The second kappa shape index (κ2) is 8.66. The average molecular weight is 382 g/mol. The zero-order valence-corrected chi connectivity index (χ0v) is 15.8. The van der Waals surface area contributed by atoms with Crippen molar-refractivity contribution in [1.29, 1.82) is 0 Å². The fraction of sp³-hybridized carbons (Fsp3) is 0.200. The van der Waals surface area contributed by atoms with E-state index in [0.717, 1.165) is 20.5 Å². The molecule has 1 amide bonds. The lowest BCUT2D eigenvalue weighted by Crippen LogP contribution is -2.38. The molecule has 6 nitrogen and oxygen atoms in total. The van der Waals surface area contributed by atoms with Crippen LogP contribution in [0.4, 0.5) is 0 Å². The van der Waals surface area contributed by atoms with E-state index in [4.69, 9.17) is 5.73 Å². The van der Waals surface area contributed by atoms with E-state index in [2.05, 4.69) is 15.6 Å². The summed E-state index contributed by atoms with van der Waals surface area (Å²) >= 11 is 1.59. The quantitative estimate of drug-likeness (QED) is 0.388. The van der Waals surface area contributed by atoms with E-state index in [0.29, 0.717) is 24.6 Å². The number of guanidine groups is 1. The molecule has 1 atom stereocenters. The van der Waals surface area contributed by atoms with Gasteiger partial charge in [-0.1, -0.05) is 30.3 Å². The zero-order chi connectivity index (χ0) is 19.2. The first-order valence-electron chi connectivity index (χ1n) is 8.56. The average Bonchev–Trinajstić information content (AvgIpc) is 3.12. The van der Waals surface area contributed by atoms with Crippen molar-refractivity contribution in [2.45, 2.75) is 12.6 Å². The predicted molar refractivity (Wildman–Crippen MR) is 110 cm³/mol. The van der Waals surface area contributed by atoms with Gasteiger partial charge < -0.3 is 21.5 Å². The second-order valence-corrected chi connectivity index (χ2v) is 7.19. The van der Waals surface area contributed by atoms with Gasteiger partial charge in [0.1, 0.15) is 6.10 Å². The Morgan fingerprint density at radius 2 is 1.93 bits per heavy atom. The van der Waals surface area contributed by atoms with Crippen LogP contribution in [0.1, 0.15) is 26.9 Å². The van der Waals surface area contributed by atoms with Crippen LogP contribution in [-0.4, -0.2) is 30.6 Å². The molecule has 27 heavy (non-hydrogen) atoms. The summed E-state index contributed by atoms with van der Waals surface area (Å²) in [5.41, 5.74) is 6.71. The van der Waals surface area contributed by atoms with Gasteiger partial charge in [-0.05, 0) is 35.2 Å². The molecular formula is C20H22N4O2S. The number of aliphatic hydroxyl groups excluding tert-OH is 1. The number of rotatable bonds is 6. The third kappa shape index (κ3) is 4.84. The van der Waals surface area contributed by atoms with Crippen molar-refractivity contribution in [1.82, 2.24) is 10.6 Å². The summed E-state index contributed by atoms with van der Waals surface area (Å²) in [5, 5.41) is 17.9. The Hall–Kier alpha value is -2.90. The van der Waals surface area contributed by atoms with E-state index >= 15 is 0 Å². The van der Waals surface area contributed by atoms with Gasteiger partial charge >= 0.3 is 0 Å². The summed E-state index contributed by atoms with van der Waals surface area (Å²) < 4.78 is 1.16. The summed E-state index contributed by atoms with van der Waals surface area (Å²) in [6.07, 6.45) is -0.615. The molecule has 7 heteroatoms. The Balaban J connectivity index is 1.53. The molecule has 0 aliphatic rings. The minimum atomic E-state index is -0.615. The number of carbonyl (C=O) groups excluding carboxylic acids is 1. The smallest absolute Gasteiger partial charge is 0.248 e. The number of aliphatic imine (C=N–C) groups is 1. The van der Waals surface area contributed by atoms with Crippen LogP contribution in [0.15, 0.2) is 59.6 Å². The molecule has 0 spiro atoms. The molecule has 0 saturated carbocycles. The molecule has 1 heterocycles. The zero-order valence-electron chi connectivity index (χ0n) is 15.0. The van der Waals surface area contributed by atoms with E-state index in [1.807, 2.05) is 42.5 Å². The van der Waals surface area contributed by atoms with Gasteiger partial charge in [-0.15, -0.1) is 11.3 Å². The Bertz CT molecular complexity index is 917. The number of fused-ring (bicyclic) bond motifs is 1. The van der Waals surface area contributed by atoms with Crippen LogP contribution >= 0.6 is 11.3 Å². The summed E-state index contributed by atoms with van der Waals surface area (Å²) in [4.78, 5) is 16.2.